The van der Waals surface area contributed by atoms with Crippen molar-refractivity contribution in [2.45, 2.75) is 38.0 Å². The maximum atomic E-state index is 6.31. The number of alkyl halides is 1. The number of halogens is 1. The third kappa shape index (κ3) is 3.08. The van der Waals surface area contributed by atoms with E-state index in [1.54, 1.807) is 6.20 Å². The molecule has 0 saturated heterocycles. The Hall–Kier alpha value is -0.830. The molecule has 0 bridgehead atoms. The molecule has 16 heavy (non-hydrogen) atoms. The summed E-state index contributed by atoms with van der Waals surface area (Å²) in [6, 6.07) is 1.90. The molecule has 0 spiro atoms. The molecule has 0 aliphatic heterocycles. The first-order valence-corrected chi connectivity index (χ1v) is 6.37. The number of hydrogen-bond donors (Lipinski definition) is 1. The van der Waals surface area contributed by atoms with Gasteiger partial charge < -0.3 is 5.32 Å². The van der Waals surface area contributed by atoms with Crippen LogP contribution in [0.15, 0.2) is 12.3 Å². The van der Waals surface area contributed by atoms with Crippen LogP contribution in [0.1, 0.15) is 31.5 Å². The molecule has 1 aromatic rings. The van der Waals surface area contributed by atoms with Gasteiger partial charge in [-0.15, -0.1) is 11.6 Å². The van der Waals surface area contributed by atoms with Gasteiger partial charge in [-0.3, -0.25) is 0 Å². The predicted molar refractivity (Wildman–Crippen MR) is 66.9 cm³/mol. The van der Waals surface area contributed by atoms with E-state index in [1.165, 1.54) is 19.3 Å². The minimum absolute atomic E-state index is 0.323. The van der Waals surface area contributed by atoms with Gasteiger partial charge in [-0.1, -0.05) is 12.8 Å². The zero-order valence-electron chi connectivity index (χ0n) is 9.62. The summed E-state index contributed by atoms with van der Waals surface area (Å²) in [6.07, 6.45) is 6.74. The summed E-state index contributed by atoms with van der Waals surface area (Å²) in [5.41, 5.74) is 0. The van der Waals surface area contributed by atoms with Crippen LogP contribution in [0.2, 0.25) is 0 Å². The zero-order chi connectivity index (χ0) is 11.4. The number of nitrogens with one attached hydrogen (secondary N) is 1. The minimum atomic E-state index is 0.323. The van der Waals surface area contributed by atoms with Crippen LogP contribution in [-0.2, 0) is 0 Å². The molecule has 2 unspecified atom stereocenters. The van der Waals surface area contributed by atoms with Crippen molar-refractivity contribution >= 4 is 17.4 Å². The molecule has 2 atom stereocenters. The summed E-state index contributed by atoms with van der Waals surface area (Å²) in [5, 5.41) is 3.67. The molecular weight excluding hydrogens is 222 g/mol. The second-order valence-electron chi connectivity index (χ2n) is 4.43. The van der Waals surface area contributed by atoms with Crippen LogP contribution < -0.4 is 5.32 Å². The van der Waals surface area contributed by atoms with Crippen molar-refractivity contribution in [2.75, 3.05) is 11.9 Å². The van der Waals surface area contributed by atoms with E-state index in [9.17, 15) is 0 Å². The standard InChI is InChI=1S/C12H18ClN3/c1-9-14-7-6-12(16-9)15-8-10-4-2-3-5-11(10)13/h6-7,10-11H,2-5,8H2,1H3,(H,14,15,16). The molecule has 1 heterocycles. The normalized spacial score (nSPS) is 25.4. The smallest absolute Gasteiger partial charge is 0.129 e. The van der Waals surface area contributed by atoms with Gasteiger partial charge in [0, 0.05) is 18.1 Å². The first kappa shape index (κ1) is 11.6. The molecule has 0 radical (unpaired) electrons. The number of nitrogens with zero attached hydrogens (tertiary/aromatic N) is 2. The van der Waals surface area contributed by atoms with Gasteiger partial charge in [0.2, 0.25) is 0 Å². The van der Waals surface area contributed by atoms with Gasteiger partial charge in [0.1, 0.15) is 11.6 Å². The van der Waals surface area contributed by atoms with E-state index in [4.69, 9.17) is 11.6 Å². The monoisotopic (exact) mass is 239 g/mol. The second-order valence-corrected chi connectivity index (χ2v) is 4.99. The Balaban J connectivity index is 1.86. The lowest BCUT2D eigenvalue weighted by Gasteiger charge is -2.27. The van der Waals surface area contributed by atoms with Crippen molar-refractivity contribution in [3.8, 4) is 0 Å². The van der Waals surface area contributed by atoms with Crippen molar-refractivity contribution in [1.29, 1.82) is 0 Å². The third-order valence-electron chi connectivity index (χ3n) is 3.14. The molecule has 4 heteroatoms. The summed E-state index contributed by atoms with van der Waals surface area (Å²) in [6.45, 7) is 2.82. The molecule has 1 fully saturated rings. The highest BCUT2D eigenvalue weighted by atomic mass is 35.5. The highest BCUT2D eigenvalue weighted by molar-refractivity contribution is 6.20. The maximum absolute atomic E-state index is 6.31. The first-order chi connectivity index (χ1) is 7.75. The average molecular weight is 240 g/mol. The Morgan fingerprint density at radius 1 is 1.44 bits per heavy atom. The van der Waals surface area contributed by atoms with E-state index in [2.05, 4.69) is 15.3 Å². The van der Waals surface area contributed by atoms with Gasteiger partial charge in [-0.2, -0.15) is 0 Å². The second kappa shape index (κ2) is 5.48. The molecule has 1 aliphatic carbocycles. The van der Waals surface area contributed by atoms with E-state index < -0.39 is 0 Å². The highest BCUT2D eigenvalue weighted by Crippen LogP contribution is 2.28. The summed E-state index contributed by atoms with van der Waals surface area (Å²) in [5.74, 6) is 2.28. The van der Waals surface area contributed by atoms with E-state index in [0.29, 0.717) is 11.3 Å². The lowest BCUT2D eigenvalue weighted by Crippen LogP contribution is -2.27. The Labute approximate surface area is 102 Å². The lowest BCUT2D eigenvalue weighted by molar-refractivity contribution is 0.380. The molecule has 1 saturated carbocycles. The molecular formula is C12H18ClN3. The van der Waals surface area contributed by atoms with Crippen LogP contribution in [0.4, 0.5) is 5.82 Å². The van der Waals surface area contributed by atoms with Crippen LogP contribution in [0.5, 0.6) is 0 Å². The van der Waals surface area contributed by atoms with E-state index >= 15 is 0 Å². The number of anilines is 1. The molecule has 0 amide bonds. The molecule has 2 rings (SSSR count). The molecule has 88 valence electrons. The lowest BCUT2D eigenvalue weighted by atomic mass is 9.89. The van der Waals surface area contributed by atoms with Crippen molar-refractivity contribution < 1.29 is 0 Å². The number of hydrogen-bond acceptors (Lipinski definition) is 3. The van der Waals surface area contributed by atoms with E-state index in [0.717, 1.165) is 24.6 Å². The summed E-state index contributed by atoms with van der Waals surface area (Å²) in [4.78, 5) is 8.39. The molecule has 1 aliphatic rings. The van der Waals surface area contributed by atoms with E-state index in [1.807, 2.05) is 13.0 Å². The predicted octanol–water partition coefficient (Wildman–Crippen LogP) is 2.99. The summed E-state index contributed by atoms with van der Waals surface area (Å²) < 4.78 is 0. The van der Waals surface area contributed by atoms with Gasteiger partial charge >= 0.3 is 0 Å². The molecule has 1 N–H and O–H groups in total. The van der Waals surface area contributed by atoms with Crippen LogP contribution in [0.3, 0.4) is 0 Å². The van der Waals surface area contributed by atoms with Crippen molar-refractivity contribution in [2.24, 2.45) is 5.92 Å². The fourth-order valence-corrected chi connectivity index (χ4v) is 2.55. The van der Waals surface area contributed by atoms with Gasteiger partial charge in [0.15, 0.2) is 0 Å². The summed E-state index contributed by atoms with van der Waals surface area (Å²) in [7, 11) is 0. The zero-order valence-corrected chi connectivity index (χ0v) is 10.4. The van der Waals surface area contributed by atoms with Gasteiger partial charge in [0.05, 0.1) is 0 Å². The number of rotatable bonds is 3. The Kier molecular flexibility index (Phi) is 3.99. The molecule has 3 nitrogen and oxygen atoms in total. The average Bonchev–Trinajstić information content (AvgIpc) is 2.28. The topological polar surface area (TPSA) is 37.8 Å². The maximum Gasteiger partial charge on any atom is 0.129 e. The van der Waals surface area contributed by atoms with Crippen LogP contribution >= 0.6 is 11.6 Å². The number of aryl methyl sites for hydroxylation is 1. The van der Waals surface area contributed by atoms with Crippen molar-refractivity contribution in [3.05, 3.63) is 18.1 Å². The fourth-order valence-electron chi connectivity index (χ4n) is 2.18. The van der Waals surface area contributed by atoms with Crippen molar-refractivity contribution in [3.63, 3.8) is 0 Å². The van der Waals surface area contributed by atoms with Crippen molar-refractivity contribution in [1.82, 2.24) is 9.97 Å². The van der Waals surface area contributed by atoms with Gasteiger partial charge in [0.25, 0.3) is 0 Å². The Morgan fingerprint density at radius 3 is 3.00 bits per heavy atom. The minimum Gasteiger partial charge on any atom is -0.370 e. The quantitative estimate of drug-likeness (QED) is 0.824. The number of aromatic nitrogens is 2. The third-order valence-corrected chi connectivity index (χ3v) is 3.71. The molecule has 0 aromatic carbocycles. The van der Waals surface area contributed by atoms with Crippen LogP contribution in [-0.4, -0.2) is 21.9 Å². The van der Waals surface area contributed by atoms with Gasteiger partial charge in [-0.05, 0) is 31.7 Å². The highest BCUT2D eigenvalue weighted by Gasteiger charge is 2.22. The fraction of sp³-hybridized carbons (Fsp3) is 0.667. The first-order valence-electron chi connectivity index (χ1n) is 5.93. The molecule has 1 aromatic heterocycles. The van der Waals surface area contributed by atoms with Crippen LogP contribution in [0.25, 0.3) is 0 Å². The van der Waals surface area contributed by atoms with Gasteiger partial charge in [-0.25, -0.2) is 9.97 Å². The Morgan fingerprint density at radius 2 is 2.25 bits per heavy atom. The summed E-state index contributed by atoms with van der Waals surface area (Å²) >= 11 is 6.31. The largest absolute Gasteiger partial charge is 0.370 e. The Bertz CT molecular complexity index is 343. The van der Waals surface area contributed by atoms with Crippen LogP contribution in [0, 0.1) is 12.8 Å². The SMILES string of the molecule is Cc1nccc(NCC2CCCCC2Cl)n1. The van der Waals surface area contributed by atoms with E-state index in [-0.39, 0.29) is 0 Å².